The molecule has 0 amide bonds. The van der Waals surface area contributed by atoms with E-state index in [0.717, 1.165) is 0 Å². The quantitative estimate of drug-likeness (QED) is 0.562. The minimum absolute atomic E-state index is 0.210. The van der Waals surface area contributed by atoms with Crippen LogP contribution in [0.1, 0.15) is 11.6 Å². The zero-order valence-electron chi connectivity index (χ0n) is 11.9. The number of benzene rings is 1. The van der Waals surface area contributed by atoms with E-state index in [1.807, 2.05) is 18.2 Å². The molecule has 0 aliphatic rings. The van der Waals surface area contributed by atoms with Gasteiger partial charge in [0.2, 0.25) is 5.65 Å². The average molecular weight is 293 g/mol. The summed E-state index contributed by atoms with van der Waals surface area (Å²) in [6.07, 6.45) is 0. The monoisotopic (exact) mass is 293 g/mol. The molecular formula is C14H11N7O. The molecule has 1 aromatic carbocycles. The molecule has 0 atom stereocenters. The predicted molar refractivity (Wildman–Crippen MR) is 79.4 cm³/mol. The lowest BCUT2D eigenvalue weighted by Crippen LogP contribution is -2.14. The molecule has 0 saturated heterocycles. The van der Waals surface area contributed by atoms with Crippen molar-refractivity contribution in [1.82, 2.24) is 34.8 Å². The third kappa shape index (κ3) is 1.77. The van der Waals surface area contributed by atoms with Crippen LogP contribution in [0.4, 0.5) is 0 Å². The first-order valence-electron chi connectivity index (χ1n) is 6.69. The standard InChI is InChI=1S/C14H11N7O/c1-7-15-11(13-19-18-8(2)21(13)20-7)12-14(22)17-10-6-4-3-5-9(10)16-12/h3-6H,1-2H3,(H,17,22). The number of aromatic nitrogens is 7. The number of para-hydroxylation sites is 2. The highest BCUT2D eigenvalue weighted by molar-refractivity contribution is 5.78. The van der Waals surface area contributed by atoms with Gasteiger partial charge in [0.05, 0.1) is 11.0 Å². The van der Waals surface area contributed by atoms with Gasteiger partial charge in [-0.2, -0.15) is 4.52 Å². The Morgan fingerprint density at radius 3 is 2.73 bits per heavy atom. The summed E-state index contributed by atoms with van der Waals surface area (Å²) in [5.74, 6) is 1.14. The van der Waals surface area contributed by atoms with E-state index in [4.69, 9.17) is 0 Å². The van der Waals surface area contributed by atoms with Crippen LogP contribution in [-0.2, 0) is 0 Å². The Balaban J connectivity index is 2.11. The molecule has 108 valence electrons. The van der Waals surface area contributed by atoms with Crippen LogP contribution in [0.25, 0.3) is 28.1 Å². The summed E-state index contributed by atoms with van der Waals surface area (Å²) in [6, 6.07) is 7.33. The van der Waals surface area contributed by atoms with E-state index < -0.39 is 0 Å². The molecular weight excluding hydrogens is 282 g/mol. The van der Waals surface area contributed by atoms with Crippen molar-refractivity contribution in [2.24, 2.45) is 0 Å². The summed E-state index contributed by atoms with van der Waals surface area (Å²) in [6.45, 7) is 3.53. The number of aromatic amines is 1. The molecule has 0 radical (unpaired) electrons. The van der Waals surface area contributed by atoms with E-state index in [1.165, 1.54) is 0 Å². The van der Waals surface area contributed by atoms with Crippen molar-refractivity contribution < 1.29 is 0 Å². The van der Waals surface area contributed by atoms with Gasteiger partial charge < -0.3 is 4.98 Å². The molecule has 4 aromatic rings. The first kappa shape index (κ1) is 12.6. The maximum Gasteiger partial charge on any atom is 0.276 e. The maximum atomic E-state index is 12.4. The smallest absolute Gasteiger partial charge is 0.276 e. The Morgan fingerprint density at radius 2 is 1.86 bits per heavy atom. The van der Waals surface area contributed by atoms with Crippen molar-refractivity contribution >= 4 is 16.7 Å². The molecule has 0 spiro atoms. The van der Waals surface area contributed by atoms with Gasteiger partial charge in [-0.3, -0.25) is 4.79 Å². The van der Waals surface area contributed by atoms with Gasteiger partial charge in [0.25, 0.3) is 5.56 Å². The highest BCUT2D eigenvalue weighted by Gasteiger charge is 2.17. The largest absolute Gasteiger partial charge is 0.319 e. The van der Waals surface area contributed by atoms with Crippen LogP contribution >= 0.6 is 0 Å². The average Bonchev–Trinajstić information content (AvgIpc) is 2.87. The third-order valence-electron chi connectivity index (χ3n) is 3.35. The normalized spacial score (nSPS) is 11.4. The van der Waals surface area contributed by atoms with Crippen molar-refractivity contribution in [2.45, 2.75) is 13.8 Å². The molecule has 4 rings (SSSR count). The molecule has 1 N–H and O–H groups in total. The number of rotatable bonds is 1. The first-order chi connectivity index (χ1) is 10.6. The van der Waals surface area contributed by atoms with Crippen LogP contribution < -0.4 is 5.56 Å². The summed E-state index contributed by atoms with van der Waals surface area (Å²) < 4.78 is 1.56. The highest BCUT2D eigenvalue weighted by Crippen LogP contribution is 2.18. The second-order valence-electron chi connectivity index (χ2n) is 4.92. The number of hydrogen-bond acceptors (Lipinski definition) is 6. The molecule has 3 heterocycles. The van der Waals surface area contributed by atoms with E-state index in [0.29, 0.717) is 34.0 Å². The second kappa shape index (κ2) is 4.42. The van der Waals surface area contributed by atoms with Gasteiger partial charge in [0, 0.05) is 0 Å². The molecule has 0 bridgehead atoms. The molecule has 8 nitrogen and oxygen atoms in total. The van der Waals surface area contributed by atoms with E-state index in [1.54, 1.807) is 24.4 Å². The van der Waals surface area contributed by atoms with Crippen molar-refractivity contribution in [3.63, 3.8) is 0 Å². The number of fused-ring (bicyclic) bond motifs is 2. The number of hydrogen-bond donors (Lipinski definition) is 1. The zero-order chi connectivity index (χ0) is 15.3. The van der Waals surface area contributed by atoms with E-state index in [2.05, 4.69) is 30.2 Å². The number of nitrogens with zero attached hydrogens (tertiary/aromatic N) is 6. The predicted octanol–water partition coefficient (Wildman–Crippen LogP) is 1.04. The first-order valence-corrected chi connectivity index (χ1v) is 6.69. The summed E-state index contributed by atoms with van der Waals surface area (Å²) in [5.41, 5.74) is 2.04. The van der Waals surface area contributed by atoms with Crippen molar-refractivity contribution in [1.29, 1.82) is 0 Å². The second-order valence-corrected chi connectivity index (χ2v) is 4.92. The van der Waals surface area contributed by atoms with E-state index >= 15 is 0 Å². The Hall–Kier alpha value is -3.16. The van der Waals surface area contributed by atoms with Gasteiger partial charge >= 0.3 is 0 Å². The molecule has 0 saturated carbocycles. The maximum absolute atomic E-state index is 12.4. The molecule has 0 fully saturated rings. The number of H-pyrrole nitrogens is 1. The van der Waals surface area contributed by atoms with Crippen LogP contribution in [0.5, 0.6) is 0 Å². The lowest BCUT2D eigenvalue weighted by atomic mass is 10.2. The van der Waals surface area contributed by atoms with Gasteiger partial charge in [0.15, 0.2) is 11.5 Å². The molecule has 3 aromatic heterocycles. The van der Waals surface area contributed by atoms with Crippen molar-refractivity contribution in [3.05, 3.63) is 46.3 Å². The summed E-state index contributed by atoms with van der Waals surface area (Å²) in [4.78, 5) is 23.9. The Kier molecular flexibility index (Phi) is 2.52. The fraction of sp³-hybridized carbons (Fsp3) is 0.143. The van der Waals surface area contributed by atoms with E-state index in [9.17, 15) is 4.79 Å². The number of aryl methyl sites for hydroxylation is 2. The molecule has 0 aliphatic carbocycles. The van der Waals surface area contributed by atoms with Crippen LogP contribution in [0.2, 0.25) is 0 Å². The Bertz CT molecular complexity index is 1080. The van der Waals surface area contributed by atoms with Crippen molar-refractivity contribution in [3.8, 4) is 11.4 Å². The van der Waals surface area contributed by atoms with Crippen molar-refractivity contribution in [2.75, 3.05) is 0 Å². The lowest BCUT2D eigenvalue weighted by Gasteiger charge is -2.04. The highest BCUT2D eigenvalue weighted by atomic mass is 16.1. The van der Waals surface area contributed by atoms with Gasteiger partial charge in [0.1, 0.15) is 11.5 Å². The Morgan fingerprint density at radius 1 is 1.05 bits per heavy atom. The third-order valence-corrected chi connectivity index (χ3v) is 3.35. The van der Waals surface area contributed by atoms with E-state index in [-0.39, 0.29) is 11.3 Å². The minimum atomic E-state index is -0.320. The fourth-order valence-corrected chi connectivity index (χ4v) is 2.35. The molecule has 22 heavy (non-hydrogen) atoms. The Labute approximate surface area is 123 Å². The zero-order valence-corrected chi connectivity index (χ0v) is 11.9. The van der Waals surface area contributed by atoms with Crippen LogP contribution in [-0.4, -0.2) is 34.8 Å². The SMILES string of the molecule is Cc1nc(-c2nc3ccccc3[nH]c2=O)c2nnc(C)n2n1. The van der Waals surface area contributed by atoms with Gasteiger partial charge in [-0.05, 0) is 26.0 Å². The van der Waals surface area contributed by atoms with Gasteiger partial charge in [-0.25, -0.2) is 9.97 Å². The molecule has 0 aliphatic heterocycles. The summed E-state index contributed by atoms with van der Waals surface area (Å²) >= 11 is 0. The van der Waals surface area contributed by atoms with Crippen LogP contribution in [0.15, 0.2) is 29.1 Å². The number of nitrogens with one attached hydrogen (secondary N) is 1. The van der Waals surface area contributed by atoms with Gasteiger partial charge in [-0.1, -0.05) is 12.1 Å². The minimum Gasteiger partial charge on any atom is -0.319 e. The lowest BCUT2D eigenvalue weighted by molar-refractivity contribution is 0.819. The molecule has 8 heteroatoms. The van der Waals surface area contributed by atoms with Crippen LogP contribution in [0.3, 0.4) is 0 Å². The summed E-state index contributed by atoms with van der Waals surface area (Å²) in [7, 11) is 0. The van der Waals surface area contributed by atoms with Gasteiger partial charge in [-0.15, -0.1) is 15.3 Å². The fourth-order valence-electron chi connectivity index (χ4n) is 2.35. The van der Waals surface area contributed by atoms with Crippen LogP contribution in [0, 0.1) is 13.8 Å². The molecule has 0 unspecified atom stereocenters. The topological polar surface area (TPSA) is 102 Å². The summed E-state index contributed by atoms with van der Waals surface area (Å²) in [5, 5.41) is 12.3.